The van der Waals surface area contributed by atoms with E-state index in [9.17, 15) is 4.39 Å². The molecule has 1 aliphatic heterocycles. The fourth-order valence-electron chi connectivity index (χ4n) is 2.46. The fraction of sp³-hybridized carbons (Fsp3) is 0.385. The molecule has 0 spiro atoms. The summed E-state index contributed by atoms with van der Waals surface area (Å²) in [4.78, 5) is 0. The van der Waals surface area contributed by atoms with Gasteiger partial charge in [0.1, 0.15) is 11.4 Å². The van der Waals surface area contributed by atoms with Crippen LogP contribution in [0.15, 0.2) is 28.9 Å². The van der Waals surface area contributed by atoms with E-state index in [1.165, 1.54) is 18.9 Å². The second kappa shape index (κ2) is 3.91. The number of furan rings is 1. The number of rotatable bonds is 2. The highest BCUT2D eigenvalue weighted by Crippen LogP contribution is 2.24. The van der Waals surface area contributed by atoms with Crippen molar-refractivity contribution in [3.05, 3.63) is 35.8 Å². The molecule has 0 amide bonds. The lowest BCUT2D eigenvalue weighted by molar-refractivity contribution is 0.574. The summed E-state index contributed by atoms with van der Waals surface area (Å²) in [6.45, 7) is 1.07. The van der Waals surface area contributed by atoms with Gasteiger partial charge in [-0.3, -0.25) is 0 Å². The minimum Gasteiger partial charge on any atom is -0.464 e. The van der Waals surface area contributed by atoms with Crippen LogP contribution in [-0.4, -0.2) is 12.6 Å². The summed E-state index contributed by atoms with van der Waals surface area (Å²) in [6.07, 6.45) is 4.84. The van der Waals surface area contributed by atoms with Crippen LogP contribution in [0.5, 0.6) is 0 Å². The van der Waals surface area contributed by atoms with E-state index in [1.54, 1.807) is 12.3 Å². The molecule has 1 N–H and O–H groups in total. The molecule has 1 saturated heterocycles. The zero-order valence-electron chi connectivity index (χ0n) is 9.00. The second-order valence-corrected chi connectivity index (χ2v) is 4.40. The van der Waals surface area contributed by atoms with Gasteiger partial charge in [-0.25, -0.2) is 4.39 Å². The molecule has 1 unspecified atom stereocenters. The largest absolute Gasteiger partial charge is 0.464 e. The lowest BCUT2D eigenvalue weighted by atomic mass is 10.0. The van der Waals surface area contributed by atoms with Crippen molar-refractivity contribution in [1.29, 1.82) is 0 Å². The van der Waals surface area contributed by atoms with Crippen LogP contribution < -0.4 is 5.32 Å². The van der Waals surface area contributed by atoms with Crippen LogP contribution in [0.25, 0.3) is 11.0 Å². The van der Waals surface area contributed by atoms with Gasteiger partial charge in [-0.15, -0.1) is 0 Å². The molecule has 1 fully saturated rings. The maximum Gasteiger partial charge on any atom is 0.137 e. The standard InChI is InChI=1S/C13H14FNO/c14-11-6-9-3-5-16-13(9)10(7-11)8-12-2-1-4-15-12/h3,5-7,12,15H,1-2,4,8H2. The minimum atomic E-state index is -0.179. The highest BCUT2D eigenvalue weighted by Gasteiger charge is 2.17. The quantitative estimate of drug-likeness (QED) is 0.840. The van der Waals surface area contributed by atoms with Gasteiger partial charge in [-0.05, 0) is 49.6 Å². The molecule has 1 aromatic heterocycles. The molecule has 84 valence electrons. The van der Waals surface area contributed by atoms with Crippen LogP contribution in [0.4, 0.5) is 4.39 Å². The molecule has 2 nitrogen and oxygen atoms in total. The normalized spacial score (nSPS) is 20.7. The van der Waals surface area contributed by atoms with Crippen LogP contribution in [0.2, 0.25) is 0 Å². The minimum absolute atomic E-state index is 0.179. The average Bonchev–Trinajstić information content (AvgIpc) is 2.87. The number of benzene rings is 1. The Hall–Kier alpha value is -1.35. The van der Waals surface area contributed by atoms with Gasteiger partial charge in [-0.2, -0.15) is 0 Å². The van der Waals surface area contributed by atoms with E-state index in [0.29, 0.717) is 6.04 Å². The van der Waals surface area contributed by atoms with E-state index in [2.05, 4.69) is 5.32 Å². The molecule has 0 aliphatic carbocycles. The third-order valence-corrected chi connectivity index (χ3v) is 3.22. The van der Waals surface area contributed by atoms with Crippen molar-refractivity contribution < 1.29 is 8.81 Å². The van der Waals surface area contributed by atoms with E-state index < -0.39 is 0 Å². The zero-order chi connectivity index (χ0) is 11.0. The van der Waals surface area contributed by atoms with Gasteiger partial charge in [0.2, 0.25) is 0 Å². The molecule has 1 aliphatic rings. The number of nitrogens with one attached hydrogen (secondary N) is 1. The van der Waals surface area contributed by atoms with Crippen LogP contribution >= 0.6 is 0 Å². The highest BCUT2D eigenvalue weighted by molar-refractivity contribution is 5.80. The molecule has 0 saturated carbocycles. The first-order chi connectivity index (χ1) is 7.83. The maximum absolute atomic E-state index is 13.4. The van der Waals surface area contributed by atoms with Crippen molar-refractivity contribution in [3.8, 4) is 0 Å². The molecule has 1 aromatic carbocycles. The molecular formula is C13H14FNO. The third kappa shape index (κ3) is 1.71. The Morgan fingerprint density at radius 3 is 3.19 bits per heavy atom. The van der Waals surface area contributed by atoms with Gasteiger partial charge in [-0.1, -0.05) is 0 Å². The summed E-state index contributed by atoms with van der Waals surface area (Å²) in [5.74, 6) is -0.179. The Balaban J connectivity index is 1.97. The zero-order valence-corrected chi connectivity index (χ0v) is 9.00. The van der Waals surface area contributed by atoms with Crippen LogP contribution in [0.1, 0.15) is 18.4 Å². The van der Waals surface area contributed by atoms with Crippen LogP contribution in [0, 0.1) is 5.82 Å². The summed E-state index contributed by atoms with van der Waals surface area (Å²) in [5, 5.41) is 4.27. The Morgan fingerprint density at radius 1 is 1.44 bits per heavy atom. The first-order valence-electron chi connectivity index (χ1n) is 5.72. The van der Waals surface area contributed by atoms with Gasteiger partial charge < -0.3 is 9.73 Å². The Bertz CT molecular complexity index is 500. The van der Waals surface area contributed by atoms with Crippen molar-refractivity contribution >= 4 is 11.0 Å². The Kier molecular flexibility index (Phi) is 2.40. The van der Waals surface area contributed by atoms with Crippen molar-refractivity contribution in [1.82, 2.24) is 5.32 Å². The summed E-state index contributed by atoms with van der Waals surface area (Å²) in [7, 11) is 0. The SMILES string of the molecule is Fc1cc(CC2CCCN2)c2occc2c1. The number of hydrogen-bond donors (Lipinski definition) is 1. The van der Waals surface area contributed by atoms with Gasteiger partial charge in [0.15, 0.2) is 0 Å². The monoisotopic (exact) mass is 219 g/mol. The van der Waals surface area contributed by atoms with Crippen molar-refractivity contribution in [3.63, 3.8) is 0 Å². The molecule has 0 bridgehead atoms. The van der Waals surface area contributed by atoms with Gasteiger partial charge >= 0.3 is 0 Å². The maximum atomic E-state index is 13.4. The molecule has 3 heteroatoms. The van der Waals surface area contributed by atoms with E-state index in [1.807, 2.05) is 6.07 Å². The highest BCUT2D eigenvalue weighted by atomic mass is 19.1. The van der Waals surface area contributed by atoms with Gasteiger partial charge in [0.05, 0.1) is 6.26 Å². The van der Waals surface area contributed by atoms with E-state index >= 15 is 0 Å². The molecule has 2 aromatic rings. The lowest BCUT2D eigenvalue weighted by Crippen LogP contribution is -2.23. The smallest absolute Gasteiger partial charge is 0.137 e. The van der Waals surface area contributed by atoms with Crippen molar-refractivity contribution in [2.45, 2.75) is 25.3 Å². The lowest BCUT2D eigenvalue weighted by Gasteiger charge is -2.10. The number of hydrogen-bond acceptors (Lipinski definition) is 2. The van der Waals surface area contributed by atoms with Crippen molar-refractivity contribution in [2.24, 2.45) is 0 Å². The summed E-state index contributed by atoms with van der Waals surface area (Å²) < 4.78 is 18.8. The molecule has 16 heavy (non-hydrogen) atoms. The average molecular weight is 219 g/mol. The van der Waals surface area contributed by atoms with E-state index in [4.69, 9.17) is 4.42 Å². The molecule has 1 atom stereocenters. The Labute approximate surface area is 93.4 Å². The van der Waals surface area contributed by atoms with Gasteiger partial charge in [0, 0.05) is 11.4 Å². The van der Waals surface area contributed by atoms with E-state index in [0.717, 1.165) is 29.5 Å². The third-order valence-electron chi connectivity index (χ3n) is 3.22. The fourth-order valence-corrected chi connectivity index (χ4v) is 2.46. The molecule has 0 radical (unpaired) electrons. The van der Waals surface area contributed by atoms with E-state index in [-0.39, 0.29) is 5.82 Å². The topological polar surface area (TPSA) is 25.2 Å². The number of fused-ring (bicyclic) bond motifs is 1. The first-order valence-corrected chi connectivity index (χ1v) is 5.72. The molecular weight excluding hydrogens is 205 g/mol. The number of halogens is 1. The molecule has 3 rings (SSSR count). The Morgan fingerprint density at radius 2 is 2.38 bits per heavy atom. The predicted octanol–water partition coefficient (Wildman–Crippen LogP) is 2.87. The van der Waals surface area contributed by atoms with Gasteiger partial charge in [0.25, 0.3) is 0 Å². The first kappa shape index (κ1) is 9.85. The summed E-state index contributed by atoms with van der Waals surface area (Å²) in [6, 6.07) is 5.38. The molecule has 2 heterocycles. The second-order valence-electron chi connectivity index (χ2n) is 4.40. The van der Waals surface area contributed by atoms with Crippen molar-refractivity contribution in [2.75, 3.05) is 6.54 Å². The summed E-state index contributed by atoms with van der Waals surface area (Å²) in [5.41, 5.74) is 1.80. The van der Waals surface area contributed by atoms with Crippen LogP contribution in [-0.2, 0) is 6.42 Å². The van der Waals surface area contributed by atoms with Crippen LogP contribution in [0.3, 0.4) is 0 Å². The summed E-state index contributed by atoms with van der Waals surface area (Å²) >= 11 is 0. The predicted molar refractivity (Wildman–Crippen MR) is 60.9 cm³/mol.